The second-order valence-corrected chi connectivity index (χ2v) is 7.10. The lowest BCUT2D eigenvalue weighted by molar-refractivity contribution is -0.00689. The summed E-state index contributed by atoms with van der Waals surface area (Å²) in [4.78, 5) is 30.6. The maximum absolute atomic E-state index is 14.4. The maximum atomic E-state index is 14.4. The minimum absolute atomic E-state index is 0.0744. The summed E-state index contributed by atoms with van der Waals surface area (Å²) in [5.41, 5.74) is 4.52. The lowest BCUT2D eigenvalue weighted by Gasteiger charge is -2.20. The van der Waals surface area contributed by atoms with Crippen LogP contribution in [-0.4, -0.2) is 28.3 Å². The van der Waals surface area contributed by atoms with Crippen LogP contribution in [0, 0.1) is 12.7 Å². The van der Waals surface area contributed by atoms with Crippen LogP contribution in [0.2, 0.25) is 0 Å². The van der Waals surface area contributed by atoms with Crippen molar-refractivity contribution in [3.05, 3.63) is 56.6 Å². The van der Waals surface area contributed by atoms with Gasteiger partial charge in [0.15, 0.2) is 0 Å². The second kappa shape index (κ2) is 10.4. The molecule has 1 amide bonds. The van der Waals surface area contributed by atoms with E-state index in [4.69, 9.17) is 4.84 Å². The maximum Gasteiger partial charge on any atom is 0.278 e. The van der Waals surface area contributed by atoms with Crippen molar-refractivity contribution in [3.8, 4) is 0 Å². The SMILES string of the molecule is CC.Cc1ccc(Nc2c(C(=O)NOCC(C)O)c3c(c(=O)n2C)CCC3)c(F)c1. The van der Waals surface area contributed by atoms with E-state index in [-0.39, 0.29) is 29.2 Å². The smallest absolute Gasteiger partial charge is 0.278 e. The molecule has 1 aliphatic rings. The largest absolute Gasteiger partial charge is 0.391 e. The molecule has 2 aromatic rings. The van der Waals surface area contributed by atoms with Gasteiger partial charge in [-0.2, -0.15) is 0 Å². The molecule has 3 rings (SSSR count). The van der Waals surface area contributed by atoms with E-state index in [2.05, 4.69) is 10.8 Å². The summed E-state index contributed by atoms with van der Waals surface area (Å²) in [5.74, 6) is -0.833. The number of rotatable bonds is 6. The Morgan fingerprint density at radius 3 is 2.60 bits per heavy atom. The van der Waals surface area contributed by atoms with E-state index in [1.807, 2.05) is 13.8 Å². The highest BCUT2D eigenvalue weighted by atomic mass is 19.1. The summed E-state index contributed by atoms with van der Waals surface area (Å²) >= 11 is 0. The molecule has 1 unspecified atom stereocenters. The average Bonchev–Trinajstić information content (AvgIpc) is 3.18. The Bertz CT molecular complexity index is 970. The minimum Gasteiger partial charge on any atom is -0.391 e. The van der Waals surface area contributed by atoms with E-state index < -0.39 is 17.8 Å². The van der Waals surface area contributed by atoms with Gasteiger partial charge in [0.25, 0.3) is 11.5 Å². The van der Waals surface area contributed by atoms with E-state index in [1.54, 1.807) is 26.1 Å². The van der Waals surface area contributed by atoms with Crippen molar-refractivity contribution in [2.24, 2.45) is 7.05 Å². The first kappa shape index (κ1) is 23.6. The van der Waals surface area contributed by atoms with Crippen molar-refractivity contribution in [3.63, 3.8) is 0 Å². The van der Waals surface area contributed by atoms with Gasteiger partial charge in [-0.1, -0.05) is 19.9 Å². The number of amides is 1. The predicted molar refractivity (Wildman–Crippen MR) is 115 cm³/mol. The van der Waals surface area contributed by atoms with Crippen molar-refractivity contribution in [1.29, 1.82) is 0 Å². The summed E-state index contributed by atoms with van der Waals surface area (Å²) in [6.45, 7) is 7.23. The molecule has 1 heterocycles. The third-order valence-electron chi connectivity index (χ3n) is 4.75. The van der Waals surface area contributed by atoms with Gasteiger partial charge >= 0.3 is 0 Å². The average molecular weight is 419 g/mol. The van der Waals surface area contributed by atoms with E-state index >= 15 is 0 Å². The van der Waals surface area contributed by atoms with Gasteiger partial charge in [0.05, 0.1) is 17.4 Å². The number of pyridine rings is 1. The number of hydroxylamine groups is 1. The first-order chi connectivity index (χ1) is 14.3. The Kier molecular flexibility index (Phi) is 8.14. The molecule has 164 valence electrons. The van der Waals surface area contributed by atoms with Crippen molar-refractivity contribution in [1.82, 2.24) is 10.0 Å². The molecule has 30 heavy (non-hydrogen) atoms. The number of hydrogen-bond donors (Lipinski definition) is 3. The highest BCUT2D eigenvalue weighted by Crippen LogP contribution is 2.30. The number of carbonyl (C=O) groups is 1. The van der Waals surface area contributed by atoms with Crippen molar-refractivity contribution < 1.29 is 19.1 Å². The molecule has 3 N–H and O–H groups in total. The van der Waals surface area contributed by atoms with Gasteiger partial charge in [-0.3, -0.25) is 19.0 Å². The zero-order chi connectivity index (χ0) is 22.4. The fraction of sp³-hybridized carbons (Fsp3) is 0.455. The van der Waals surface area contributed by atoms with Crippen LogP contribution < -0.4 is 16.4 Å². The number of nitrogens with zero attached hydrogens (tertiary/aromatic N) is 1. The van der Waals surface area contributed by atoms with Gasteiger partial charge < -0.3 is 10.4 Å². The van der Waals surface area contributed by atoms with Crippen LogP contribution in [0.3, 0.4) is 0 Å². The van der Waals surface area contributed by atoms with Gasteiger partial charge in [0.1, 0.15) is 18.2 Å². The number of nitrogens with one attached hydrogen (secondary N) is 2. The van der Waals surface area contributed by atoms with Crippen LogP contribution in [0.4, 0.5) is 15.9 Å². The van der Waals surface area contributed by atoms with Gasteiger partial charge in [-0.15, -0.1) is 0 Å². The highest BCUT2D eigenvalue weighted by molar-refractivity contribution is 6.01. The molecule has 0 radical (unpaired) electrons. The van der Waals surface area contributed by atoms with Crippen LogP contribution in [0.5, 0.6) is 0 Å². The van der Waals surface area contributed by atoms with Crippen LogP contribution in [0.25, 0.3) is 0 Å². The Morgan fingerprint density at radius 2 is 1.97 bits per heavy atom. The Labute approximate surface area is 175 Å². The normalized spacial score (nSPS) is 13.2. The van der Waals surface area contributed by atoms with Crippen molar-refractivity contribution in [2.75, 3.05) is 11.9 Å². The Hall–Kier alpha value is -2.71. The van der Waals surface area contributed by atoms with Crippen LogP contribution in [0.15, 0.2) is 23.0 Å². The summed E-state index contributed by atoms with van der Waals surface area (Å²) in [6.07, 6.45) is 1.19. The third-order valence-corrected chi connectivity index (χ3v) is 4.75. The van der Waals surface area contributed by atoms with Crippen LogP contribution in [-0.2, 0) is 24.7 Å². The molecule has 8 heteroatoms. The summed E-state index contributed by atoms with van der Waals surface area (Å²) < 4.78 is 15.7. The molecule has 1 aromatic carbocycles. The van der Waals surface area contributed by atoms with Gasteiger partial charge in [-0.25, -0.2) is 9.87 Å². The second-order valence-electron chi connectivity index (χ2n) is 7.10. The molecule has 1 aliphatic carbocycles. The topological polar surface area (TPSA) is 92.6 Å². The standard InChI is InChI=1S/C20H24FN3O4.C2H6/c1-11-7-8-16(15(21)9-11)22-18-17(19(26)23-28-10-12(2)25)13-5-4-6-14(13)20(27)24(18)3;1-2/h7-9,12,22,25H,4-6,10H2,1-3H3,(H,23,26);1-2H3. The quantitative estimate of drug-likeness (QED) is 0.626. The molecular formula is C22H30FN3O4. The molecule has 1 aromatic heterocycles. The number of halogens is 1. The molecule has 0 saturated heterocycles. The molecule has 1 atom stereocenters. The van der Waals surface area contributed by atoms with E-state index in [1.165, 1.54) is 17.6 Å². The lowest BCUT2D eigenvalue weighted by atomic mass is 10.0. The number of carbonyl (C=O) groups excluding carboxylic acids is 1. The van der Waals surface area contributed by atoms with Crippen molar-refractivity contribution in [2.45, 2.75) is 53.1 Å². The third kappa shape index (κ3) is 5.06. The molecule has 7 nitrogen and oxygen atoms in total. The van der Waals surface area contributed by atoms with Gasteiger partial charge in [0.2, 0.25) is 0 Å². The number of benzene rings is 1. The Balaban J connectivity index is 0.00000155. The number of anilines is 2. The monoisotopic (exact) mass is 419 g/mol. The number of aliphatic hydroxyl groups excluding tert-OH is 1. The molecule has 0 spiro atoms. The fourth-order valence-electron chi connectivity index (χ4n) is 3.39. The van der Waals surface area contributed by atoms with E-state index in [9.17, 15) is 19.1 Å². The first-order valence-electron chi connectivity index (χ1n) is 10.2. The molecule has 0 bridgehead atoms. The first-order valence-corrected chi connectivity index (χ1v) is 10.2. The molecule has 0 aliphatic heterocycles. The number of aromatic nitrogens is 1. The zero-order valence-electron chi connectivity index (χ0n) is 18.1. The van der Waals surface area contributed by atoms with Gasteiger partial charge in [0, 0.05) is 12.6 Å². The summed E-state index contributed by atoms with van der Waals surface area (Å²) in [5, 5.41) is 12.2. The highest BCUT2D eigenvalue weighted by Gasteiger charge is 2.28. The van der Waals surface area contributed by atoms with Crippen molar-refractivity contribution >= 4 is 17.4 Å². The molecular weight excluding hydrogens is 389 g/mol. The summed E-state index contributed by atoms with van der Waals surface area (Å²) in [7, 11) is 1.54. The minimum atomic E-state index is -0.745. The number of aryl methyl sites for hydroxylation is 1. The van der Waals surface area contributed by atoms with Crippen LogP contribution >= 0.6 is 0 Å². The fourth-order valence-corrected chi connectivity index (χ4v) is 3.39. The van der Waals surface area contributed by atoms with Crippen LogP contribution in [0.1, 0.15) is 54.2 Å². The number of fused-ring (bicyclic) bond motifs is 1. The van der Waals surface area contributed by atoms with E-state index in [0.717, 1.165) is 12.0 Å². The lowest BCUT2D eigenvalue weighted by Crippen LogP contribution is -2.33. The number of hydrogen-bond acceptors (Lipinski definition) is 5. The molecule has 0 fully saturated rings. The van der Waals surface area contributed by atoms with E-state index in [0.29, 0.717) is 24.0 Å². The molecule has 0 saturated carbocycles. The number of aliphatic hydroxyl groups is 1. The Morgan fingerprint density at radius 1 is 1.30 bits per heavy atom. The predicted octanol–water partition coefficient (Wildman–Crippen LogP) is 3.13. The van der Waals surface area contributed by atoms with Gasteiger partial charge in [-0.05, 0) is 56.4 Å². The zero-order valence-corrected chi connectivity index (χ0v) is 18.1. The summed E-state index contributed by atoms with van der Waals surface area (Å²) in [6, 6.07) is 4.68.